The summed E-state index contributed by atoms with van der Waals surface area (Å²) >= 11 is 1.96. The Balaban J connectivity index is 2.17. The monoisotopic (exact) mass is 189 g/mol. The lowest BCUT2D eigenvalue weighted by Gasteiger charge is -2.33. The molecule has 2 N–H and O–H groups in total. The average Bonchev–Trinajstić information content (AvgIpc) is 2.06. The van der Waals surface area contributed by atoms with Crippen LogP contribution in [0, 0.1) is 0 Å². The van der Waals surface area contributed by atoms with Gasteiger partial charge in [0.15, 0.2) is 0 Å². The average molecular weight is 189 g/mol. The van der Waals surface area contributed by atoms with Crippen LogP contribution in [0.4, 0.5) is 0 Å². The van der Waals surface area contributed by atoms with Crippen LogP contribution in [0.5, 0.6) is 0 Å². The minimum absolute atomic E-state index is 0.0135. The summed E-state index contributed by atoms with van der Waals surface area (Å²) in [7, 11) is 0. The number of hydrogen-bond donors (Lipinski definition) is 1. The Kier molecular flexibility index (Phi) is 4.40. The second-order valence-electron chi connectivity index (χ2n) is 3.47. The Labute approximate surface area is 79.2 Å². The van der Waals surface area contributed by atoms with Gasteiger partial charge in [-0.15, -0.1) is 0 Å². The molecule has 0 saturated carbocycles. The lowest BCUT2D eigenvalue weighted by molar-refractivity contribution is 0.0370. The molecule has 0 amide bonds. The highest BCUT2D eigenvalue weighted by Crippen LogP contribution is 2.21. The summed E-state index contributed by atoms with van der Waals surface area (Å²) in [6.45, 7) is 3.85. The Hall–Kier alpha value is 0.270. The smallest absolute Gasteiger partial charge is 0.0646 e. The zero-order chi connectivity index (χ0) is 8.86. The number of hydrogen-bond acceptors (Lipinski definition) is 3. The summed E-state index contributed by atoms with van der Waals surface area (Å²) in [4.78, 5) is 0. The fourth-order valence-electron chi connectivity index (χ4n) is 1.49. The highest BCUT2D eigenvalue weighted by Gasteiger charge is 2.27. The van der Waals surface area contributed by atoms with Crippen molar-refractivity contribution >= 4 is 11.8 Å². The minimum Gasteiger partial charge on any atom is -0.380 e. The fourth-order valence-corrected chi connectivity index (χ4v) is 2.33. The van der Waals surface area contributed by atoms with E-state index in [4.69, 9.17) is 10.5 Å². The molecule has 0 aliphatic carbocycles. The van der Waals surface area contributed by atoms with Crippen molar-refractivity contribution in [2.24, 2.45) is 5.73 Å². The molecule has 1 aliphatic heterocycles. The van der Waals surface area contributed by atoms with E-state index in [1.165, 1.54) is 11.5 Å². The predicted molar refractivity (Wildman–Crippen MR) is 54.6 cm³/mol. The first kappa shape index (κ1) is 10.4. The SMILES string of the molecule is CCSCCC1(N)CCCOC1. The number of thioether (sulfide) groups is 1. The van der Waals surface area contributed by atoms with Crippen LogP contribution in [0.3, 0.4) is 0 Å². The normalized spacial score (nSPS) is 30.5. The van der Waals surface area contributed by atoms with Crippen LogP contribution >= 0.6 is 11.8 Å². The maximum absolute atomic E-state index is 6.16. The van der Waals surface area contributed by atoms with Crippen molar-refractivity contribution in [2.75, 3.05) is 24.7 Å². The van der Waals surface area contributed by atoms with E-state index in [0.717, 1.165) is 32.5 Å². The maximum Gasteiger partial charge on any atom is 0.0646 e. The first-order valence-corrected chi connectivity index (χ1v) is 5.87. The molecule has 1 heterocycles. The summed E-state index contributed by atoms with van der Waals surface area (Å²) < 4.78 is 5.38. The summed E-state index contributed by atoms with van der Waals surface area (Å²) in [5, 5.41) is 0. The van der Waals surface area contributed by atoms with Crippen molar-refractivity contribution in [3.63, 3.8) is 0 Å². The van der Waals surface area contributed by atoms with Crippen LogP contribution in [-0.2, 0) is 4.74 Å². The molecule has 1 fully saturated rings. The van der Waals surface area contributed by atoms with Crippen molar-refractivity contribution in [2.45, 2.75) is 31.7 Å². The highest BCUT2D eigenvalue weighted by atomic mass is 32.2. The molecule has 12 heavy (non-hydrogen) atoms. The van der Waals surface area contributed by atoms with Gasteiger partial charge in [0.25, 0.3) is 0 Å². The molecular weight excluding hydrogens is 170 g/mol. The van der Waals surface area contributed by atoms with Gasteiger partial charge in [-0.05, 0) is 30.8 Å². The minimum atomic E-state index is -0.0135. The van der Waals surface area contributed by atoms with E-state index in [1.54, 1.807) is 0 Å². The van der Waals surface area contributed by atoms with Crippen LogP contribution in [-0.4, -0.2) is 30.3 Å². The summed E-state index contributed by atoms with van der Waals surface area (Å²) in [5.41, 5.74) is 6.15. The topological polar surface area (TPSA) is 35.2 Å². The standard InChI is InChI=1S/C9H19NOS/c1-2-12-7-5-9(10)4-3-6-11-8-9/h2-8,10H2,1H3. The van der Waals surface area contributed by atoms with Gasteiger partial charge in [0.05, 0.1) is 6.61 Å². The van der Waals surface area contributed by atoms with Crippen molar-refractivity contribution < 1.29 is 4.74 Å². The van der Waals surface area contributed by atoms with Gasteiger partial charge in [-0.1, -0.05) is 6.92 Å². The predicted octanol–water partition coefficient (Wildman–Crippen LogP) is 1.64. The molecule has 72 valence electrons. The van der Waals surface area contributed by atoms with Gasteiger partial charge in [-0.2, -0.15) is 11.8 Å². The lowest BCUT2D eigenvalue weighted by atomic mass is 9.91. The van der Waals surface area contributed by atoms with Crippen molar-refractivity contribution in [3.8, 4) is 0 Å². The molecule has 0 aromatic carbocycles. The van der Waals surface area contributed by atoms with Gasteiger partial charge in [-0.25, -0.2) is 0 Å². The molecule has 0 spiro atoms. The van der Waals surface area contributed by atoms with E-state index in [2.05, 4.69) is 6.92 Å². The number of rotatable bonds is 4. The molecule has 3 heteroatoms. The Bertz CT molecular complexity index is 124. The number of nitrogens with two attached hydrogens (primary N) is 1. The van der Waals surface area contributed by atoms with E-state index in [1.807, 2.05) is 11.8 Å². The highest BCUT2D eigenvalue weighted by molar-refractivity contribution is 7.99. The van der Waals surface area contributed by atoms with Crippen LogP contribution in [0.1, 0.15) is 26.2 Å². The van der Waals surface area contributed by atoms with Crippen LogP contribution in [0.25, 0.3) is 0 Å². The second-order valence-corrected chi connectivity index (χ2v) is 4.86. The quantitative estimate of drug-likeness (QED) is 0.683. The Morgan fingerprint density at radius 1 is 1.58 bits per heavy atom. The summed E-state index contributed by atoms with van der Waals surface area (Å²) in [6, 6.07) is 0. The Morgan fingerprint density at radius 3 is 3.00 bits per heavy atom. The molecule has 1 rings (SSSR count). The van der Waals surface area contributed by atoms with E-state index in [0.29, 0.717) is 0 Å². The summed E-state index contributed by atoms with van der Waals surface area (Å²) in [6.07, 6.45) is 3.37. The van der Waals surface area contributed by atoms with Gasteiger partial charge >= 0.3 is 0 Å². The molecule has 1 saturated heterocycles. The van der Waals surface area contributed by atoms with E-state index < -0.39 is 0 Å². The largest absolute Gasteiger partial charge is 0.380 e. The molecule has 1 unspecified atom stereocenters. The third-order valence-corrected chi connectivity index (χ3v) is 3.20. The van der Waals surface area contributed by atoms with Gasteiger partial charge in [-0.3, -0.25) is 0 Å². The van der Waals surface area contributed by atoms with Crippen molar-refractivity contribution in [3.05, 3.63) is 0 Å². The van der Waals surface area contributed by atoms with Gasteiger partial charge in [0.1, 0.15) is 0 Å². The molecular formula is C9H19NOS. The second kappa shape index (κ2) is 5.10. The van der Waals surface area contributed by atoms with Gasteiger partial charge < -0.3 is 10.5 Å². The molecule has 0 aromatic heterocycles. The fraction of sp³-hybridized carbons (Fsp3) is 1.00. The molecule has 0 bridgehead atoms. The van der Waals surface area contributed by atoms with E-state index in [-0.39, 0.29) is 5.54 Å². The molecule has 2 nitrogen and oxygen atoms in total. The van der Waals surface area contributed by atoms with Crippen LogP contribution in [0.15, 0.2) is 0 Å². The van der Waals surface area contributed by atoms with Crippen molar-refractivity contribution in [1.82, 2.24) is 0 Å². The lowest BCUT2D eigenvalue weighted by Crippen LogP contribution is -2.47. The molecule has 0 radical (unpaired) electrons. The van der Waals surface area contributed by atoms with Gasteiger partial charge in [0.2, 0.25) is 0 Å². The van der Waals surface area contributed by atoms with Crippen LogP contribution in [0.2, 0.25) is 0 Å². The van der Waals surface area contributed by atoms with E-state index >= 15 is 0 Å². The number of ether oxygens (including phenoxy) is 1. The van der Waals surface area contributed by atoms with Crippen molar-refractivity contribution in [1.29, 1.82) is 0 Å². The zero-order valence-corrected chi connectivity index (χ0v) is 8.66. The third kappa shape index (κ3) is 3.33. The molecule has 1 atom stereocenters. The Morgan fingerprint density at radius 2 is 2.42 bits per heavy atom. The third-order valence-electron chi connectivity index (χ3n) is 2.30. The molecule has 0 aromatic rings. The first-order chi connectivity index (χ1) is 5.77. The molecule has 1 aliphatic rings. The first-order valence-electron chi connectivity index (χ1n) is 4.71. The van der Waals surface area contributed by atoms with Crippen LogP contribution < -0.4 is 5.73 Å². The maximum atomic E-state index is 6.16. The zero-order valence-electron chi connectivity index (χ0n) is 7.84. The summed E-state index contributed by atoms with van der Waals surface area (Å²) in [5.74, 6) is 2.37. The van der Waals surface area contributed by atoms with E-state index in [9.17, 15) is 0 Å². The van der Waals surface area contributed by atoms with Gasteiger partial charge in [0, 0.05) is 12.1 Å².